The molecular weight excluding hydrogens is 216 g/mol. The van der Waals surface area contributed by atoms with E-state index in [4.69, 9.17) is 4.74 Å². The maximum Gasteiger partial charge on any atom is 0.0465 e. The van der Waals surface area contributed by atoms with Gasteiger partial charge in [-0.25, -0.2) is 0 Å². The van der Waals surface area contributed by atoms with Crippen LogP contribution in [0.4, 0.5) is 0 Å². The SMILES string of the molecule is COCCC(CBr)C1CCCC1. The molecule has 0 heterocycles. The predicted molar refractivity (Wildman–Crippen MR) is 55.7 cm³/mol. The first kappa shape index (κ1) is 10.5. The Morgan fingerprint density at radius 3 is 2.58 bits per heavy atom. The highest BCUT2D eigenvalue weighted by atomic mass is 79.9. The van der Waals surface area contributed by atoms with Crippen LogP contribution < -0.4 is 0 Å². The van der Waals surface area contributed by atoms with E-state index in [9.17, 15) is 0 Å². The van der Waals surface area contributed by atoms with Crippen LogP contribution >= 0.6 is 15.9 Å². The molecule has 0 aliphatic heterocycles. The predicted octanol–water partition coefficient (Wildman–Crippen LogP) is 3.22. The van der Waals surface area contributed by atoms with Gasteiger partial charge in [-0.05, 0) is 18.3 Å². The largest absolute Gasteiger partial charge is 0.385 e. The highest BCUT2D eigenvalue weighted by molar-refractivity contribution is 9.09. The molecule has 1 nitrogen and oxygen atoms in total. The third-order valence-corrected chi connectivity index (χ3v) is 3.79. The Bertz CT molecular complexity index is 110. The van der Waals surface area contributed by atoms with Crippen molar-refractivity contribution >= 4 is 15.9 Å². The lowest BCUT2D eigenvalue weighted by Gasteiger charge is -2.20. The second-order valence-corrected chi connectivity index (χ2v) is 4.39. The minimum absolute atomic E-state index is 0.854. The molecule has 1 saturated carbocycles. The zero-order valence-corrected chi connectivity index (χ0v) is 9.48. The maximum absolute atomic E-state index is 5.11. The van der Waals surface area contributed by atoms with E-state index in [0.29, 0.717) is 0 Å². The molecule has 72 valence electrons. The fraction of sp³-hybridized carbons (Fsp3) is 1.00. The smallest absolute Gasteiger partial charge is 0.0465 e. The van der Waals surface area contributed by atoms with Gasteiger partial charge in [0.2, 0.25) is 0 Å². The van der Waals surface area contributed by atoms with Crippen molar-refractivity contribution < 1.29 is 4.74 Å². The van der Waals surface area contributed by atoms with E-state index < -0.39 is 0 Å². The molecule has 1 unspecified atom stereocenters. The third kappa shape index (κ3) is 3.06. The van der Waals surface area contributed by atoms with Gasteiger partial charge in [-0.3, -0.25) is 0 Å². The number of alkyl halides is 1. The van der Waals surface area contributed by atoms with Crippen molar-refractivity contribution in [2.24, 2.45) is 11.8 Å². The zero-order valence-electron chi connectivity index (χ0n) is 7.89. The first-order chi connectivity index (χ1) is 5.88. The Kier molecular flexibility index (Phi) is 5.24. The van der Waals surface area contributed by atoms with Crippen LogP contribution in [-0.2, 0) is 4.74 Å². The van der Waals surface area contributed by atoms with E-state index in [1.54, 1.807) is 7.11 Å². The highest BCUT2D eigenvalue weighted by Crippen LogP contribution is 2.33. The summed E-state index contributed by atoms with van der Waals surface area (Å²) in [6.45, 7) is 0.923. The Morgan fingerprint density at radius 1 is 1.42 bits per heavy atom. The van der Waals surface area contributed by atoms with Gasteiger partial charge in [-0.1, -0.05) is 41.6 Å². The lowest BCUT2D eigenvalue weighted by Crippen LogP contribution is -2.15. The van der Waals surface area contributed by atoms with Gasteiger partial charge < -0.3 is 4.74 Å². The van der Waals surface area contributed by atoms with Crippen molar-refractivity contribution in [1.29, 1.82) is 0 Å². The van der Waals surface area contributed by atoms with Crippen LogP contribution in [0.25, 0.3) is 0 Å². The van der Waals surface area contributed by atoms with Gasteiger partial charge in [0, 0.05) is 19.0 Å². The van der Waals surface area contributed by atoms with Gasteiger partial charge in [0.05, 0.1) is 0 Å². The van der Waals surface area contributed by atoms with Crippen LogP contribution in [0.5, 0.6) is 0 Å². The van der Waals surface area contributed by atoms with E-state index in [1.165, 1.54) is 32.1 Å². The number of halogens is 1. The summed E-state index contributed by atoms with van der Waals surface area (Å²) in [5.74, 6) is 1.83. The van der Waals surface area contributed by atoms with E-state index in [1.807, 2.05) is 0 Å². The van der Waals surface area contributed by atoms with Gasteiger partial charge in [-0.15, -0.1) is 0 Å². The van der Waals surface area contributed by atoms with E-state index in [2.05, 4.69) is 15.9 Å². The maximum atomic E-state index is 5.11. The van der Waals surface area contributed by atoms with E-state index >= 15 is 0 Å². The molecule has 0 aromatic heterocycles. The molecule has 0 N–H and O–H groups in total. The summed E-state index contributed by atoms with van der Waals surface area (Å²) >= 11 is 3.60. The van der Waals surface area contributed by atoms with Crippen LogP contribution in [-0.4, -0.2) is 19.0 Å². The summed E-state index contributed by atoms with van der Waals surface area (Å²) in [5.41, 5.74) is 0. The average Bonchev–Trinajstić information content (AvgIpc) is 2.59. The molecule has 1 rings (SSSR count). The van der Waals surface area contributed by atoms with Crippen LogP contribution in [0.1, 0.15) is 32.1 Å². The fourth-order valence-electron chi connectivity index (χ4n) is 2.14. The molecule has 0 radical (unpaired) electrons. The number of methoxy groups -OCH3 is 1. The highest BCUT2D eigenvalue weighted by Gasteiger charge is 2.23. The average molecular weight is 235 g/mol. The second-order valence-electron chi connectivity index (χ2n) is 3.74. The van der Waals surface area contributed by atoms with Crippen molar-refractivity contribution in [3.63, 3.8) is 0 Å². The Morgan fingerprint density at radius 2 is 2.08 bits per heavy atom. The summed E-state index contributed by atoms with van der Waals surface area (Å²) < 4.78 is 5.11. The minimum Gasteiger partial charge on any atom is -0.385 e. The molecule has 12 heavy (non-hydrogen) atoms. The Balaban J connectivity index is 2.22. The summed E-state index contributed by atoms with van der Waals surface area (Å²) in [6.07, 6.45) is 7.01. The van der Waals surface area contributed by atoms with Crippen molar-refractivity contribution in [2.75, 3.05) is 19.0 Å². The molecule has 0 amide bonds. The number of hydrogen-bond acceptors (Lipinski definition) is 1. The van der Waals surface area contributed by atoms with Gasteiger partial charge >= 0.3 is 0 Å². The lowest BCUT2D eigenvalue weighted by atomic mass is 9.90. The van der Waals surface area contributed by atoms with Gasteiger partial charge in [0.1, 0.15) is 0 Å². The second kappa shape index (κ2) is 5.98. The van der Waals surface area contributed by atoms with Crippen LogP contribution in [0.3, 0.4) is 0 Å². The summed E-state index contributed by atoms with van der Waals surface area (Å²) in [4.78, 5) is 0. The zero-order chi connectivity index (χ0) is 8.81. The Hall–Kier alpha value is 0.440. The first-order valence-electron chi connectivity index (χ1n) is 4.93. The molecule has 0 bridgehead atoms. The normalized spacial score (nSPS) is 21.5. The van der Waals surface area contributed by atoms with Crippen LogP contribution in [0.15, 0.2) is 0 Å². The van der Waals surface area contributed by atoms with Crippen molar-refractivity contribution in [1.82, 2.24) is 0 Å². The first-order valence-corrected chi connectivity index (χ1v) is 6.05. The number of rotatable bonds is 5. The van der Waals surface area contributed by atoms with Gasteiger partial charge in [0.25, 0.3) is 0 Å². The van der Waals surface area contributed by atoms with Gasteiger partial charge in [0.15, 0.2) is 0 Å². The molecule has 0 aromatic carbocycles. The lowest BCUT2D eigenvalue weighted by molar-refractivity contribution is 0.167. The van der Waals surface area contributed by atoms with Gasteiger partial charge in [-0.2, -0.15) is 0 Å². The van der Waals surface area contributed by atoms with Crippen molar-refractivity contribution in [3.8, 4) is 0 Å². The molecule has 1 aliphatic rings. The molecular formula is C10H19BrO. The molecule has 1 fully saturated rings. The van der Waals surface area contributed by atoms with E-state index in [0.717, 1.165) is 23.8 Å². The standard InChI is InChI=1S/C10H19BrO/c1-12-7-6-10(8-11)9-4-2-3-5-9/h9-10H,2-8H2,1H3. The van der Waals surface area contributed by atoms with E-state index in [-0.39, 0.29) is 0 Å². The van der Waals surface area contributed by atoms with Crippen LogP contribution in [0.2, 0.25) is 0 Å². The Labute approximate surface area is 84.0 Å². The molecule has 0 saturated heterocycles. The minimum atomic E-state index is 0.854. The number of ether oxygens (including phenoxy) is 1. The molecule has 0 aromatic rings. The summed E-state index contributed by atoms with van der Waals surface area (Å²) in [7, 11) is 1.79. The number of hydrogen-bond donors (Lipinski definition) is 0. The summed E-state index contributed by atoms with van der Waals surface area (Å²) in [6, 6.07) is 0. The fourth-order valence-corrected chi connectivity index (χ4v) is 2.99. The van der Waals surface area contributed by atoms with Crippen LogP contribution in [0, 0.1) is 11.8 Å². The summed E-state index contributed by atoms with van der Waals surface area (Å²) in [5, 5.41) is 1.15. The molecule has 2 heteroatoms. The quantitative estimate of drug-likeness (QED) is 0.665. The van der Waals surface area contributed by atoms with Crippen molar-refractivity contribution in [2.45, 2.75) is 32.1 Å². The topological polar surface area (TPSA) is 9.23 Å². The molecule has 1 aliphatic carbocycles. The van der Waals surface area contributed by atoms with Crippen molar-refractivity contribution in [3.05, 3.63) is 0 Å². The third-order valence-electron chi connectivity index (χ3n) is 2.96. The monoisotopic (exact) mass is 234 g/mol. The molecule has 1 atom stereocenters. The molecule has 0 spiro atoms.